The number of benzene rings is 2. The average molecular weight is 600 g/mol. The lowest BCUT2D eigenvalue weighted by Gasteiger charge is -2.40. The second-order valence-corrected chi connectivity index (χ2v) is 12.1. The fourth-order valence-corrected chi connectivity index (χ4v) is 5.31. The molecule has 8 nitrogen and oxygen atoms in total. The molecule has 1 N–H and O–H groups in total. The molecule has 42 heavy (non-hydrogen) atoms. The summed E-state index contributed by atoms with van der Waals surface area (Å²) in [5, 5.41) is 7.12. The molecule has 0 aliphatic carbocycles. The molecule has 0 spiro atoms. The second-order valence-electron chi connectivity index (χ2n) is 9.73. The van der Waals surface area contributed by atoms with Crippen LogP contribution in [0.4, 0.5) is 25.1 Å². The first-order valence-corrected chi connectivity index (χ1v) is 14.4. The number of rotatable bonds is 6. The summed E-state index contributed by atoms with van der Waals surface area (Å²) >= 11 is 0. The van der Waals surface area contributed by atoms with Crippen molar-refractivity contribution in [2.45, 2.75) is 18.7 Å². The zero-order chi connectivity index (χ0) is 29.9. The minimum Gasteiger partial charge on any atom is -0.322 e. The summed E-state index contributed by atoms with van der Waals surface area (Å²) in [6.07, 6.45) is 9.52. The van der Waals surface area contributed by atoms with Gasteiger partial charge in [0.25, 0.3) is 5.91 Å². The minimum atomic E-state index is -10.1. The largest absolute Gasteiger partial charge is 0.322 e. The molecule has 4 heterocycles. The Labute approximate surface area is 235 Å². The van der Waals surface area contributed by atoms with E-state index in [0.29, 0.717) is 23.1 Å². The lowest BCUT2D eigenvalue weighted by Crippen LogP contribution is -2.15. The Bertz CT molecular complexity index is 2000. The average Bonchev–Trinajstić information content (AvgIpc) is 3.65. The third-order valence-corrected chi connectivity index (χ3v) is 7.83. The van der Waals surface area contributed by atoms with Crippen molar-refractivity contribution in [3.8, 4) is 22.6 Å². The molecule has 0 saturated heterocycles. The number of carbonyl (C=O) groups excluding carboxylic acids is 1. The predicted octanol–water partition coefficient (Wildman–Crippen LogP) is 7.90. The summed E-state index contributed by atoms with van der Waals surface area (Å²) in [4.78, 5) is 19.1. The van der Waals surface area contributed by atoms with Crippen LogP contribution in [0, 0.1) is 13.8 Å². The molecule has 0 radical (unpaired) electrons. The van der Waals surface area contributed by atoms with Crippen LogP contribution >= 0.6 is 10.2 Å². The van der Waals surface area contributed by atoms with Gasteiger partial charge in [0.15, 0.2) is 0 Å². The quantitative estimate of drug-likeness (QED) is 0.197. The van der Waals surface area contributed by atoms with Gasteiger partial charge >= 0.3 is 10.2 Å². The van der Waals surface area contributed by atoms with Gasteiger partial charge in [0.2, 0.25) is 0 Å². The van der Waals surface area contributed by atoms with Crippen molar-refractivity contribution in [2.24, 2.45) is 0 Å². The van der Waals surface area contributed by atoms with Gasteiger partial charge in [0, 0.05) is 65.7 Å². The SMILES string of the molecule is Cc1ccc(NC(=O)c2cc(-n3ccnc3C)cc(S(F)(F)(F)(F)F)c2)cc1-n1ccn2nc(-c3cccnc3)cc12. The number of hydrogen-bond donors (Lipinski definition) is 1. The lowest BCUT2D eigenvalue weighted by atomic mass is 10.1. The van der Waals surface area contributed by atoms with Gasteiger partial charge in [-0.3, -0.25) is 14.3 Å². The Morgan fingerprint density at radius 3 is 2.38 bits per heavy atom. The van der Waals surface area contributed by atoms with Crippen LogP contribution in [-0.2, 0) is 0 Å². The van der Waals surface area contributed by atoms with Crippen LogP contribution in [0.5, 0.6) is 0 Å². The maximum absolute atomic E-state index is 13.9. The number of aryl methyl sites for hydroxylation is 2. The number of anilines is 1. The molecule has 1 amide bonds. The van der Waals surface area contributed by atoms with E-state index in [1.165, 1.54) is 23.9 Å². The Hall–Kier alpha value is -4.98. The van der Waals surface area contributed by atoms with Crippen LogP contribution in [-0.4, -0.2) is 34.6 Å². The summed E-state index contributed by atoms with van der Waals surface area (Å²) in [7, 11) is -10.1. The molecule has 0 saturated carbocycles. The standard InChI is InChI=1S/C28H22F5N7OS/c1-18-5-6-22(14-26(18)39-10-11-40-27(39)16-25(37-40)20-4-3-7-34-17-20)36-28(41)21-12-23(38-9-8-35-19(38)2)15-24(13-21)42(29,30,31,32)33/h3-17H,1-2H3,(H,36,41). The maximum atomic E-state index is 13.9. The normalized spacial score (nSPS) is 13.6. The lowest BCUT2D eigenvalue weighted by molar-refractivity contribution is 0.102. The molecular weight excluding hydrogens is 577 g/mol. The number of amides is 1. The zero-order valence-electron chi connectivity index (χ0n) is 22.0. The monoisotopic (exact) mass is 599 g/mol. The molecule has 14 heteroatoms. The van der Waals surface area contributed by atoms with Crippen molar-refractivity contribution in [1.82, 2.24) is 28.7 Å². The Morgan fingerprint density at radius 2 is 1.69 bits per heavy atom. The summed E-state index contributed by atoms with van der Waals surface area (Å²) in [5.41, 5.74) is 3.11. The molecule has 0 fully saturated rings. The number of carbonyl (C=O) groups is 1. The number of halogens is 5. The van der Waals surface area contributed by atoms with Crippen LogP contribution in [0.15, 0.2) is 96.7 Å². The number of fused-ring (bicyclic) bond motifs is 1. The van der Waals surface area contributed by atoms with E-state index in [4.69, 9.17) is 0 Å². The van der Waals surface area contributed by atoms with Crippen molar-refractivity contribution in [2.75, 3.05) is 5.32 Å². The van der Waals surface area contributed by atoms with Gasteiger partial charge in [-0.2, -0.15) is 5.10 Å². The van der Waals surface area contributed by atoms with Gasteiger partial charge in [0.1, 0.15) is 16.4 Å². The van der Waals surface area contributed by atoms with Crippen LogP contribution in [0.2, 0.25) is 0 Å². The highest BCUT2D eigenvalue weighted by Gasteiger charge is 2.65. The minimum absolute atomic E-state index is 0.170. The van der Waals surface area contributed by atoms with E-state index in [-0.39, 0.29) is 23.3 Å². The van der Waals surface area contributed by atoms with Crippen LogP contribution in [0.1, 0.15) is 21.7 Å². The van der Waals surface area contributed by atoms with Crippen molar-refractivity contribution in [3.05, 3.63) is 109 Å². The number of nitrogens with one attached hydrogen (secondary N) is 1. The first kappa shape index (κ1) is 27.2. The van der Waals surface area contributed by atoms with Crippen molar-refractivity contribution < 1.29 is 24.2 Å². The third kappa shape index (κ3) is 5.11. The molecule has 0 aliphatic rings. The number of hydrogen-bond acceptors (Lipinski definition) is 4. The molecule has 0 aliphatic heterocycles. The van der Waals surface area contributed by atoms with Gasteiger partial charge in [-0.1, -0.05) is 25.5 Å². The van der Waals surface area contributed by atoms with Crippen LogP contribution in [0.3, 0.4) is 0 Å². The molecule has 216 valence electrons. The molecule has 0 unspecified atom stereocenters. The highest BCUT2D eigenvalue weighted by molar-refractivity contribution is 8.45. The van der Waals surface area contributed by atoms with Gasteiger partial charge < -0.3 is 9.88 Å². The van der Waals surface area contributed by atoms with Gasteiger partial charge in [-0.15, -0.1) is 0 Å². The van der Waals surface area contributed by atoms with E-state index in [2.05, 4.69) is 20.4 Å². The summed E-state index contributed by atoms with van der Waals surface area (Å²) < 4.78 is 74.0. The summed E-state index contributed by atoms with van der Waals surface area (Å²) in [6.45, 7) is 3.35. The van der Waals surface area contributed by atoms with Gasteiger partial charge in [-0.05, 0) is 61.9 Å². The Kier molecular flexibility index (Phi) is 5.67. The van der Waals surface area contributed by atoms with Crippen LogP contribution < -0.4 is 5.32 Å². The summed E-state index contributed by atoms with van der Waals surface area (Å²) in [6, 6.07) is 12.1. The number of pyridine rings is 1. The molecular formula is C28H22F5N7OS. The molecule has 0 bridgehead atoms. The smallest absolute Gasteiger partial charge is 0.310 e. The first-order chi connectivity index (χ1) is 19.7. The van der Waals surface area contributed by atoms with Crippen LogP contribution in [0.25, 0.3) is 28.3 Å². The highest BCUT2D eigenvalue weighted by Crippen LogP contribution is 3.02. The fraction of sp³-hybridized carbons (Fsp3) is 0.0714. The molecule has 0 atom stereocenters. The molecule has 4 aromatic heterocycles. The van der Waals surface area contributed by atoms with E-state index in [9.17, 15) is 24.2 Å². The molecule has 6 aromatic rings. The maximum Gasteiger partial charge on any atom is 0.310 e. The number of aromatic nitrogens is 6. The van der Waals surface area contributed by atoms with E-state index in [1.54, 1.807) is 53.6 Å². The second kappa shape index (κ2) is 8.76. The Morgan fingerprint density at radius 1 is 0.881 bits per heavy atom. The number of imidazole rings is 2. The van der Waals surface area contributed by atoms with Gasteiger partial charge in [0.05, 0.1) is 11.4 Å². The van der Waals surface area contributed by atoms with Crippen molar-refractivity contribution in [3.63, 3.8) is 0 Å². The predicted molar refractivity (Wildman–Crippen MR) is 150 cm³/mol. The van der Waals surface area contributed by atoms with E-state index in [1.807, 2.05) is 23.6 Å². The molecule has 6 rings (SSSR count). The first-order valence-electron chi connectivity index (χ1n) is 12.5. The van der Waals surface area contributed by atoms with Crippen molar-refractivity contribution in [1.29, 1.82) is 0 Å². The van der Waals surface area contributed by atoms with Gasteiger partial charge in [-0.25, -0.2) is 9.50 Å². The number of nitrogens with zero attached hydrogens (tertiary/aromatic N) is 6. The van der Waals surface area contributed by atoms with Crippen molar-refractivity contribution >= 4 is 27.5 Å². The van der Waals surface area contributed by atoms with E-state index in [0.717, 1.165) is 17.2 Å². The summed E-state index contributed by atoms with van der Waals surface area (Å²) in [5.74, 6) is -0.734. The fourth-order valence-electron chi connectivity index (χ4n) is 4.62. The highest BCUT2D eigenvalue weighted by atomic mass is 32.5. The van der Waals surface area contributed by atoms with E-state index >= 15 is 0 Å². The topological polar surface area (TPSA) is 82.0 Å². The Balaban J connectivity index is 1.37. The molecule has 2 aromatic carbocycles. The third-order valence-electron chi connectivity index (χ3n) is 6.71. The van der Waals surface area contributed by atoms with E-state index < -0.39 is 26.6 Å². The zero-order valence-corrected chi connectivity index (χ0v) is 22.9.